The number of carbonyl (C=O) groups excluding carboxylic acids is 2. The number of methoxy groups -OCH3 is 3. The van der Waals surface area contributed by atoms with Gasteiger partial charge < -0.3 is 24.4 Å². The van der Waals surface area contributed by atoms with E-state index in [1.165, 1.54) is 56.6 Å². The van der Waals surface area contributed by atoms with Crippen LogP contribution in [0.15, 0.2) is 71.6 Å². The predicted octanol–water partition coefficient (Wildman–Crippen LogP) is 4.94. The lowest BCUT2D eigenvalue weighted by Crippen LogP contribution is -2.53. The van der Waals surface area contributed by atoms with Gasteiger partial charge in [0.2, 0.25) is 11.8 Å². The number of nitrogens with zero attached hydrogens (tertiary/aromatic N) is 2. The minimum atomic E-state index is -4.41. The fraction of sp³-hybridized carbons (Fsp3) is 0.375. The molecule has 0 radical (unpaired) electrons. The topological polar surface area (TPSA) is 114 Å². The Kier molecular flexibility index (Phi) is 12.3. The molecule has 0 aromatic heterocycles. The van der Waals surface area contributed by atoms with Crippen LogP contribution in [-0.4, -0.2) is 71.6 Å². The van der Waals surface area contributed by atoms with Gasteiger partial charge in [-0.25, -0.2) is 8.42 Å². The standard InChI is InChI=1S/C32H40ClN3O7S/c1-7-22(2)34-32(38)23(3)35(18-17-24-11-9-8-10-12-24)31(37)21-36(27-19-25(33)13-15-28(27)41-4)44(39,40)26-14-16-29(42-5)30(20-26)43-6/h8-16,19-20,22-23H,7,17-18,21H2,1-6H3,(H,34,38)/t22-,23+/m0/s1. The molecule has 0 saturated carbocycles. The number of sulfonamides is 1. The van der Waals surface area contributed by atoms with Gasteiger partial charge in [-0.1, -0.05) is 48.9 Å². The van der Waals surface area contributed by atoms with Gasteiger partial charge in [0.05, 0.1) is 31.9 Å². The molecule has 44 heavy (non-hydrogen) atoms. The SMILES string of the molecule is CC[C@H](C)NC(=O)[C@@H](C)N(CCc1ccccc1)C(=O)CN(c1cc(Cl)ccc1OC)S(=O)(=O)c1ccc(OC)c(OC)c1. The van der Waals surface area contributed by atoms with Gasteiger partial charge in [0.1, 0.15) is 18.3 Å². The third kappa shape index (κ3) is 8.35. The molecule has 2 atom stereocenters. The van der Waals surface area contributed by atoms with Crippen LogP contribution in [0.2, 0.25) is 5.02 Å². The smallest absolute Gasteiger partial charge is 0.265 e. The number of halogens is 1. The second kappa shape index (κ2) is 15.7. The summed E-state index contributed by atoms with van der Waals surface area (Å²) in [5.74, 6) is -0.209. The van der Waals surface area contributed by atoms with Crippen molar-refractivity contribution in [1.29, 1.82) is 0 Å². The van der Waals surface area contributed by atoms with Gasteiger partial charge in [-0.2, -0.15) is 0 Å². The Labute approximate surface area is 264 Å². The maximum atomic E-state index is 14.3. The molecule has 0 spiro atoms. The predicted molar refractivity (Wildman–Crippen MR) is 171 cm³/mol. The lowest BCUT2D eigenvalue weighted by molar-refractivity contribution is -0.139. The number of benzene rings is 3. The molecule has 0 saturated heterocycles. The van der Waals surface area contributed by atoms with Crippen molar-refractivity contribution in [2.24, 2.45) is 0 Å². The number of amides is 2. The molecule has 3 rings (SSSR count). The van der Waals surface area contributed by atoms with Gasteiger partial charge in [0.15, 0.2) is 11.5 Å². The summed E-state index contributed by atoms with van der Waals surface area (Å²) in [5, 5.41) is 3.16. The summed E-state index contributed by atoms with van der Waals surface area (Å²) in [4.78, 5) is 28.6. The molecule has 0 bridgehead atoms. The molecule has 12 heteroatoms. The van der Waals surface area contributed by atoms with Crippen LogP contribution in [0.3, 0.4) is 0 Å². The van der Waals surface area contributed by atoms with Gasteiger partial charge in [0.25, 0.3) is 10.0 Å². The zero-order valence-electron chi connectivity index (χ0n) is 25.9. The second-order valence-corrected chi connectivity index (χ2v) is 12.5. The minimum absolute atomic E-state index is 0.0582. The van der Waals surface area contributed by atoms with Crippen LogP contribution in [0.25, 0.3) is 0 Å². The highest BCUT2D eigenvalue weighted by Gasteiger charge is 2.34. The normalized spacial score (nSPS) is 12.5. The summed E-state index contributed by atoms with van der Waals surface area (Å²) in [6, 6.07) is 17.2. The van der Waals surface area contributed by atoms with Crippen molar-refractivity contribution in [3.8, 4) is 17.2 Å². The highest BCUT2D eigenvalue weighted by molar-refractivity contribution is 7.92. The lowest BCUT2D eigenvalue weighted by atomic mass is 10.1. The molecule has 0 aliphatic heterocycles. The number of rotatable bonds is 15. The molecule has 1 N–H and O–H groups in total. The van der Waals surface area contributed by atoms with E-state index >= 15 is 0 Å². The van der Waals surface area contributed by atoms with Crippen LogP contribution in [0.1, 0.15) is 32.8 Å². The average molecular weight is 646 g/mol. The molecule has 0 fully saturated rings. The second-order valence-electron chi connectivity index (χ2n) is 10.2. The van der Waals surface area contributed by atoms with Gasteiger partial charge >= 0.3 is 0 Å². The largest absolute Gasteiger partial charge is 0.495 e. The highest BCUT2D eigenvalue weighted by atomic mass is 35.5. The van der Waals surface area contributed by atoms with Gasteiger partial charge in [-0.3, -0.25) is 13.9 Å². The summed E-state index contributed by atoms with van der Waals surface area (Å²) in [6.45, 7) is 5.00. The number of anilines is 1. The van der Waals surface area contributed by atoms with Crippen LogP contribution in [0.4, 0.5) is 5.69 Å². The number of carbonyl (C=O) groups is 2. The zero-order valence-corrected chi connectivity index (χ0v) is 27.4. The van der Waals surface area contributed by atoms with E-state index < -0.39 is 28.5 Å². The molecule has 3 aromatic carbocycles. The maximum absolute atomic E-state index is 14.3. The lowest BCUT2D eigenvalue weighted by Gasteiger charge is -2.33. The van der Waals surface area contributed by atoms with Crippen LogP contribution in [0.5, 0.6) is 17.2 Å². The molecule has 0 heterocycles. The first-order chi connectivity index (χ1) is 21.0. The first-order valence-corrected chi connectivity index (χ1v) is 16.0. The van der Waals surface area contributed by atoms with Crippen molar-refractivity contribution < 1.29 is 32.2 Å². The average Bonchev–Trinajstić information content (AvgIpc) is 3.03. The monoisotopic (exact) mass is 645 g/mol. The first-order valence-electron chi connectivity index (χ1n) is 14.2. The molecule has 0 aliphatic rings. The summed E-state index contributed by atoms with van der Waals surface area (Å²) >= 11 is 6.31. The molecule has 2 amide bonds. The van der Waals surface area contributed by atoms with Crippen molar-refractivity contribution in [1.82, 2.24) is 10.2 Å². The van der Waals surface area contributed by atoms with E-state index in [-0.39, 0.29) is 45.6 Å². The Morgan fingerprint density at radius 3 is 2.14 bits per heavy atom. The van der Waals surface area contributed by atoms with Crippen LogP contribution < -0.4 is 23.8 Å². The van der Waals surface area contributed by atoms with Gasteiger partial charge in [-0.15, -0.1) is 0 Å². The fourth-order valence-electron chi connectivity index (χ4n) is 4.51. The van der Waals surface area contributed by atoms with Crippen molar-refractivity contribution in [2.75, 3.05) is 38.7 Å². The quantitative estimate of drug-likeness (QED) is 0.249. The summed E-state index contributed by atoms with van der Waals surface area (Å²) in [6.07, 6.45) is 1.17. The maximum Gasteiger partial charge on any atom is 0.265 e. The molecule has 0 aliphatic carbocycles. The Bertz CT molecular complexity index is 1540. The van der Waals surface area contributed by atoms with Crippen molar-refractivity contribution in [3.05, 3.63) is 77.3 Å². The van der Waals surface area contributed by atoms with E-state index in [2.05, 4.69) is 5.32 Å². The minimum Gasteiger partial charge on any atom is -0.495 e. The summed E-state index contributed by atoms with van der Waals surface area (Å²) in [7, 11) is -0.187. The van der Waals surface area contributed by atoms with E-state index in [1.54, 1.807) is 13.0 Å². The number of hydrogen-bond acceptors (Lipinski definition) is 7. The zero-order chi connectivity index (χ0) is 32.4. The van der Waals surface area contributed by atoms with E-state index in [9.17, 15) is 18.0 Å². The van der Waals surface area contributed by atoms with Gasteiger partial charge in [0, 0.05) is 23.7 Å². The number of nitrogens with one attached hydrogen (secondary N) is 1. The molecular formula is C32H40ClN3O7S. The third-order valence-corrected chi connectivity index (χ3v) is 9.27. The van der Waals surface area contributed by atoms with Crippen LogP contribution in [0, 0.1) is 0 Å². The van der Waals surface area contributed by atoms with Gasteiger partial charge in [-0.05, 0) is 62.6 Å². The molecular weight excluding hydrogens is 606 g/mol. The first kappa shape index (κ1) is 34.5. The van der Waals surface area contributed by atoms with E-state index in [0.29, 0.717) is 18.6 Å². The molecule has 238 valence electrons. The third-order valence-electron chi connectivity index (χ3n) is 7.28. The van der Waals surface area contributed by atoms with E-state index in [1.807, 2.05) is 44.2 Å². The van der Waals surface area contributed by atoms with Crippen molar-refractivity contribution in [2.45, 2.75) is 50.6 Å². The summed E-state index contributed by atoms with van der Waals surface area (Å²) < 4.78 is 45.6. The highest BCUT2D eigenvalue weighted by Crippen LogP contribution is 2.37. The van der Waals surface area contributed by atoms with Crippen LogP contribution >= 0.6 is 11.6 Å². The van der Waals surface area contributed by atoms with Crippen molar-refractivity contribution >= 4 is 39.1 Å². The Morgan fingerprint density at radius 2 is 1.52 bits per heavy atom. The van der Waals surface area contributed by atoms with Crippen LogP contribution in [-0.2, 0) is 26.0 Å². The van der Waals surface area contributed by atoms with E-state index in [4.69, 9.17) is 25.8 Å². The Balaban J connectivity index is 2.10. The fourth-order valence-corrected chi connectivity index (χ4v) is 6.11. The molecule has 0 unspecified atom stereocenters. The summed E-state index contributed by atoms with van der Waals surface area (Å²) in [5.41, 5.74) is 1.02. The number of hydrogen-bond donors (Lipinski definition) is 1. The van der Waals surface area contributed by atoms with E-state index in [0.717, 1.165) is 9.87 Å². The van der Waals surface area contributed by atoms with Crippen molar-refractivity contribution in [3.63, 3.8) is 0 Å². The Morgan fingerprint density at radius 1 is 0.886 bits per heavy atom. The Hall–Kier alpha value is -3.96. The number of ether oxygens (including phenoxy) is 3. The molecule has 3 aromatic rings. The molecule has 10 nitrogen and oxygen atoms in total.